The molecule has 174 valence electrons. The number of amides is 1. The number of rotatable bonds is 4. The molecule has 0 aliphatic carbocycles. The van der Waals surface area contributed by atoms with Crippen molar-refractivity contribution in [2.24, 2.45) is 11.7 Å². The van der Waals surface area contributed by atoms with Gasteiger partial charge < -0.3 is 29.5 Å². The predicted octanol–water partition coefficient (Wildman–Crippen LogP) is 3.74. The van der Waals surface area contributed by atoms with Crippen LogP contribution in [0.25, 0.3) is 22.1 Å². The Morgan fingerprint density at radius 2 is 1.85 bits per heavy atom. The van der Waals surface area contributed by atoms with Gasteiger partial charge >= 0.3 is 11.7 Å². The SMILES string of the molecule is Cc1c(-c2ccccc2)c(=O)oc2cc(OC3OC(C)(C)[C@H](C)[C@H](OC(N)=O)[C@@H]3O)ccc12. The zero-order valence-electron chi connectivity index (χ0n) is 18.9. The molecule has 0 spiro atoms. The average molecular weight is 453 g/mol. The number of fused-ring (bicyclic) bond motifs is 1. The third-order valence-electron chi connectivity index (χ3n) is 6.33. The highest BCUT2D eigenvalue weighted by atomic mass is 16.7. The van der Waals surface area contributed by atoms with Gasteiger partial charge in [-0.1, -0.05) is 37.3 Å². The van der Waals surface area contributed by atoms with Crippen molar-refractivity contribution in [3.63, 3.8) is 0 Å². The predicted molar refractivity (Wildman–Crippen MR) is 122 cm³/mol. The van der Waals surface area contributed by atoms with E-state index in [0.29, 0.717) is 16.9 Å². The highest BCUT2D eigenvalue weighted by Crippen LogP contribution is 2.37. The lowest BCUT2D eigenvalue weighted by Gasteiger charge is -2.47. The summed E-state index contributed by atoms with van der Waals surface area (Å²) >= 11 is 0. The van der Waals surface area contributed by atoms with Gasteiger partial charge in [-0.15, -0.1) is 0 Å². The second-order valence-corrected chi connectivity index (χ2v) is 8.80. The first kappa shape index (κ1) is 22.8. The van der Waals surface area contributed by atoms with Gasteiger partial charge in [0.15, 0.2) is 6.10 Å². The Morgan fingerprint density at radius 3 is 2.52 bits per heavy atom. The van der Waals surface area contributed by atoms with Gasteiger partial charge in [-0.2, -0.15) is 0 Å². The molecule has 0 bridgehead atoms. The lowest BCUT2D eigenvalue weighted by atomic mass is 9.82. The van der Waals surface area contributed by atoms with Crippen molar-refractivity contribution in [2.45, 2.75) is 51.8 Å². The van der Waals surface area contributed by atoms with Crippen LogP contribution in [0.3, 0.4) is 0 Å². The van der Waals surface area contributed by atoms with E-state index in [-0.39, 0.29) is 5.92 Å². The Bertz CT molecular complexity index is 1230. The number of primary amides is 1. The Hall–Kier alpha value is -3.36. The van der Waals surface area contributed by atoms with Crippen LogP contribution in [-0.2, 0) is 9.47 Å². The summed E-state index contributed by atoms with van der Waals surface area (Å²) < 4.78 is 22.6. The summed E-state index contributed by atoms with van der Waals surface area (Å²) in [6.07, 6.45) is -4.30. The van der Waals surface area contributed by atoms with Crippen LogP contribution >= 0.6 is 0 Å². The number of ether oxygens (including phenoxy) is 3. The van der Waals surface area contributed by atoms with Crippen LogP contribution in [0.2, 0.25) is 0 Å². The molecule has 4 rings (SSSR count). The standard InChI is InChI=1S/C25H27NO7/c1-13-17-11-10-16(12-18(17)31-22(28)19(13)15-8-6-5-7-9-15)30-23-20(27)21(32-24(26)29)14(2)25(3,4)33-23/h5-12,14,20-21,23,27H,1-4H3,(H2,26,29)/t14-,20+,21+,23?/m1/s1. The third kappa shape index (κ3) is 4.31. The van der Waals surface area contributed by atoms with Crippen molar-refractivity contribution >= 4 is 17.1 Å². The molecule has 1 aliphatic rings. The molecule has 2 heterocycles. The molecule has 1 amide bonds. The van der Waals surface area contributed by atoms with Crippen molar-refractivity contribution in [1.29, 1.82) is 0 Å². The van der Waals surface area contributed by atoms with Crippen LogP contribution in [0.4, 0.5) is 4.79 Å². The van der Waals surface area contributed by atoms with E-state index >= 15 is 0 Å². The van der Waals surface area contributed by atoms with Crippen molar-refractivity contribution in [3.05, 3.63) is 64.5 Å². The number of carbonyl (C=O) groups is 1. The number of carbonyl (C=O) groups excluding carboxylic acids is 1. The number of hydrogen-bond acceptors (Lipinski definition) is 7. The second kappa shape index (κ2) is 8.53. The van der Waals surface area contributed by atoms with Crippen molar-refractivity contribution in [1.82, 2.24) is 0 Å². The summed E-state index contributed by atoms with van der Waals surface area (Å²) in [5, 5.41) is 11.5. The fraction of sp³-hybridized carbons (Fsp3) is 0.360. The van der Waals surface area contributed by atoms with Crippen LogP contribution in [0.15, 0.2) is 57.7 Å². The summed E-state index contributed by atoms with van der Waals surface area (Å²) in [6.45, 7) is 7.28. The van der Waals surface area contributed by atoms with Gasteiger partial charge in [0.05, 0.1) is 11.2 Å². The monoisotopic (exact) mass is 453 g/mol. The molecule has 0 saturated carbocycles. The number of nitrogens with two attached hydrogens (primary N) is 1. The van der Waals surface area contributed by atoms with E-state index in [1.807, 2.05) is 51.1 Å². The maximum atomic E-state index is 12.7. The molecule has 1 fully saturated rings. The normalized spacial score (nSPS) is 24.4. The number of aryl methyl sites for hydroxylation is 1. The van der Waals surface area contributed by atoms with Crippen molar-refractivity contribution in [3.8, 4) is 16.9 Å². The van der Waals surface area contributed by atoms with Crippen LogP contribution < -0.4 is 16.1 Å². The topological polar surface area (TPSA) is 121 Å². The van der Waals surface area contributed by atoms with Gasteiger partial charge in [-0.25, -0.2) is 9.59 Å². The average Bonchev–Trinajstić information content (AvgIpc) is 2.75. The van der Waals surface area contributed by atoms with E-state index in [4.69, 9.17) is 24.4 Å². The minimum absolute atomic E-state index is 0.324. The van der Waals surface area contributed by atoms with Crippen molar-refractivity contribution < 1.29 is 28.5 Å². The molecule has 2 aromatic carbocycles. The molecule has 1 saturated heterocycles. The van der Waals surface area contributed by atoms with E-state index in [0.717, 1.165) is 16.5 Å². The Labute approximate surface area is 190 Å². The third-order valence-corrected chi connectivity index (χ3v) is 6.33. The van der Waals surface area contributed by atoms with E-state index < -0.39 is 35.8 Å². The first-order valence-electron chi connectivity index (χ1n) is 10.7. The Morgan fingerprint density at radius 1 is 1.15 bits per heavy atom. The van der Waals surface area contributed by atoms with Gasteiger partial charge in [0.2, 0.25) is 6.29 Å². The Balaban J connectivity index is 1.67. The number of aliphatic hydroxyl groups is 1. The second-order valence-electron chi connectivity index (χ2n) is 8.80. The molecule has 33 heavy (non-hydrogen) atoms. The lowest BCUT2D eigenvalue weighted by molar-refractivity contribution is -0.283. The summed E-state index contributed by atoms with van der Waals surface area (Å²) in [6, 6.07) is 14.4. The molecule has 3 N–H and O–H groups in total. The van der Waals surface area contributed by atoms with Gasteiger partial charge in [0, 0.05) is 17.4 Å². The fourth-order valence-electron chi connectivity index (χ4n) is 4.20. The summed E-state index contributed by atoms with van der Waals surface area (Å²) in [4.78, 5) is 24.1. The van der Waals surface area contributed by atoms with E-state index in [9.17, 15) is 14.7 Å². The van der Waals surface area contributed by atoms with Crippen LogP contribution in [0.5, 0.6) is 5.75 Å². The fourth-order valence-corrected chi connectivity index (χ4v) is 4.20. The van der Waals surface area contributed by atoms with Crippen LogP contribution in [0, 0.1) is 12.8 Å². The number of hydrogen-bond donors (Lipinski definition) is 2. The van der Waals surface area contributed by atoms with Crippen LogP contribution in [0.1, 0.15) is 26.3 Å². The molecule has 1 aromatic heterocycles. The van der Waals surface area contributed by atoms with E-state index in [1.165, 1.54) is 0 Å². The highest BCUT2D eigenvalue weighted by Gasteiger charge is 2.50. The van der Waals surface area contributed by atoms with Crippen molar-refractivity contribution in [2.75, 3.05) is 0 Å². The highest BCUT2D eigenvalue weighted by molar-refractivity contribution is 5.87. The molecular weight excluding hydrogens is 426 g/mol. The first-order chi connectivity index (χ1) is 15.6. The number of benzene rings is 2. The zero-order chi connectivity index (χ0) is 23.9. The molecule has 8 nitrogen and oxygen atoms in total. The molecule has 3 aromatic rings. The summed E-state index contributed by atoms with van der Waals surface area (Å²) in [5.74, 6) is -0.0155. The summed E-state index contributed by atoms with van der Waals surface area (Å²) in [5.41, 5.74) is 6.38. The molecule has 1 unspecified atom stereocenters. The van der Waals surface area contributed by atoms with Gasteiger partial charge in [0.1, 0.15) is 17.4 Å². The van der Waals surface area contributed by atoms with Gasteiger partial charge in [-0.05, 0) is 44.0 Å². The van der Waals surface area contributed by atoms with Gasteiger partial charge in [0.25, 0.3) is 0 Å². The minimum atomic E-state index is -1.27. The number of aliphatic hydroxyl groups excluding tert-OH is 1. The van der Waals surface area contributed by atoms with E-state index in [2.05, 4.69) is 0 Å². The first-order valence-corrected chi connectivity index (χ1v) is 10.7. The lowest BCUT2D eigenvalue weighted by Crippen LogP contribution is -2.60. The molecule has 8 heteroatoms. The smallest absolute Gasteiger partial charge is 0.404 e. The van der Waals surface area contributed by atoms with Gasteiger partial charge in [-0.3, -0.25) is 0 Å². The molecule has 0 radical (unpaired) electrons. The molecular formula is C25H27NO7. The molecule has 1 aliphatic heterocycles. The Kier molecular flexibility index (Phi) is 5.90. The quantitative estimate of drug-likeness (QED) is 0.577. The van der Waals surface area contributed by atoms with E-state index in [1.54, 1.807) is 25.1 Å². The summed E-state index contributed by atoms with van der Waals surface area (Å²) in [7, 11) is 0. The maximum absolute atomic E-state index is 12.7. The molecule has 4 atom stereocenters. The maximum Gasteiger partial charge on any atom is 0.404 e. The zero-order valence-corrected chi connectivity index (χ0v) is 18.9. The largest absolute Gasteiger partial charge is 0.462 e. The van der Waals surface area contributed by atoms with Crippen LogP contribution in [-0.4, -0.2) is 35.3 Å². The minimum Gasteiger partial charge on any atom is -0.462 e.